The number of ether oxygens (including phenoxy) is 2. The molecule has 1 aliphatic heterocycles. The van der Waals surface area contributed by atoms with Crippen LogP contribution in [0.25, 0.3) is 0 Å². The van der Waals surface area contributed by atoms with E-state index >= 15 is 0 Å². The van der Waals surface area contributed by atoms with Crippen molar-refractivity contribution < 1.29 is 18.7 Å². The van der Waals surface area contributed by atoms with Crippen molar-refractivity contribution in [2.45, 2.75) is 13.0 Å². The summed E-state index contributed by atoms with van der Waals surface area (Å²) in [6.07, 6.45) is -0.0342. The van der Waals surface area contributed by atoms with E-state index < -0.39 is 5.82 Å². The van der Waals surface area contributed by atoms with Crippen LogP contribution in [-0.2, 0) is 17.8 Å². The first-order valence-corrected chi connectivity index (χ1v) is 7.09. The van der Waals surface area contributed by atoms with E-state index in [0.717, 1.165) is 5.56 Å². The van der Waals surface area contributed by atoms with E-state index in [4.69, 9.17) is 21.1 Å². The molecular weight excluding hydrogens is 309 g/mol. The number of benzene rings is 2. The molecule has 0 saturated heterocycles. The normalized spacial score (nSPS) is 12.3. The van der Waals surface area contributed by atoms with Crippen LogP contribution in [0.1, 0.15) is 11.1 Å². The van der Waals surface area contributed by atoms with Crippen LogP contribution in [-0.4, -0.2) is 12.7 Å². The highest BCUT2D eigenvalue weighted by atomic mass is 35.5. The van der Waals surface area contributed by atoms with Gasteiger partial charge in [-0.15, -0.1) is 0 Å². The Hall–Kier alpha value is -2.27. The Bertz CT molecular complexity index is 721. The fraction of sp³-hybridized carbons (Fsp3) is 0.188. The SMILES string of the molecule is O=C(Cc1ccc(Cl)cc1F)NCc1ccc2c(c1)OCO2. The van der Waals surface area contributed by atoms with Crippen LogP contribution >= 0.6 is 11.6 Å². The van der Waals surface area contributed by atoms with Crippen LogP contribution in [0.5, 0.6) is 11.5 Å². The van der Waals surface area contributed by atoms with Crippen molar-refractivity contribution in [2.75, 3.05) is 6.79 Å². The Morgan fingerprint density at radius 2 is 2.00 bits per heavy atom. The van der Waals surface area contributed by atoms with Crippen LogP contribution in [0.4, 0.5) is 4.39 Å². The molecule has 0 bridgehead atoms. The molecular formula is C16H13ClFNO3. The van der Waals surface area contributed by atoms with Crippen molar-refractivity contribution in [3.63, 3.8) is 0 Å². The predicted octanol–water partition coefficient (Wildman–Crippen LogP) is 3.07. The number of amides is 1. The summed E-state index contributed by atoms with van der Waals surface area (Å²) in [5.74, 6) is 0.610. The average molecular weight is 322 g/mol. The topological polar surface area (TPSA) is 47.6 Å². The predicted molar refractivity (Wildman–Crippen MR) is 79.5 cm³/mol. The van der Waals surface area contributed by atoms with Crippen LogP contribution in [0, 0.1) is 5.82 Å². The van der Waals surface area contributed by atoms with Gasteiger partial charge in [-0.05, 0) is 35.4 Å². The summed E-state index contributed by atoms with van der Waals surface area (Å²) in [4.78, 5) is 11.9. The number of carbonyl (C=O) groups is 1. The largest absolute Gasteiger partial charge is 0.454 e. The molecule has 1 N–H and O–H groups in total. The van der Waals surface area contributed by atoms with Crippen LogP contribution in [0.15, 0.2) is 36.4 Å². The Balaban J connectivity index is 1.58. The van der Waals surface area contributed by atoms with Gasteiger partial charge in [-0.1, -0.05) is 23.7 Å². The Morgan fingerprint density at radius 3 is 2.82 bits per heavy atom. The molecule has 0 saturated carbocycles. The molecule has 2 aromatic carbocycles. The lowest BCUT2D eigenvalue weighted by atomic mass is 10.1. The van der Waals surface area contributed by atoms with Gasteiger partial charge in [0, 0.05) is 11.6 Å². The van der Waals surface area contributed by atoms with E-state index in [-0.39, 0.29) is 19.1 Å². The summed E-state index contributed by atoms with van der Waals surface area (Å²) < 4.78 is 24.1. The number of rotatable bonds is 4. The molecule has 0 unspecified atom stereocenters. The minimum atomic E-state index is -0.481. The minimum Gasteiger partial charge on any atom is -0.454 e. The number of hydrogen-bond donors (Lipinski definition) is 1. The third-order valence-electron chi connectivity index (χ3n) is 3.29. The third kappa shape index (κ3) is 3.31. The monoisotopic (exact) mass is 321 g/mol. The standard InChI is InChI=1S/C16H13ClFNO3/c17-12-3-2-11(13(18)7-12)6-16(20)19-8-10-1-4-14-15(5-10)22-9-21-14/h1-5,7H,6,8-9H2,(H,19,20). The first-order valence-electron chi connectivity index (χ1n) is 6.71. The van der Waals surface area contributed by atoms with Crippen LogP contribution in [0.3, 0.4) is 0 Å². The second-order valence-corrected chi connectivity index (χ2v) is 5.31. The van der Waals surface area contributed by atoms with E-state index in [9.17, 15) is 9.18 Å². The third-order valence-corrected chi connectivity index (χ3v) is 3.53. The summed E-state index contributed by atoms with van der Waals surface area (Å²) in [6.45, 7) is 0.547. The summed E-state index contributed by atoms with van der Waals surface area (Å²) in [5.41, 5.74) is 1.20. The van der Waals surface area contributed by atoms with E-state index in [1.54, 1.807) is 12.1 Å². The zero-order valence-electron chi connectivity index (χ0n) is 11.6. The van der Waals surface area contributed by atoms with E-state index in [0.29, 0.717) is 28.6 Å². The van der Waals surface area contributed by atoms with Crippen LogP contribution < -0.4 is 14.8 Å². The van der Waals surface area contributed by atoms with Gasteiger partial charge in [-0.25, -0.2) is 4.39 Å². The zero-order chi connectivity index (χ0) is 15.5. The molecule has 0 aromatic heterocycles. The van der Waals surface area contributed by atoms with Gasteiger partial charge in [0.1, 0.15) is 5.82 Å². The lowest BCUT2D eigenvalue weighted by Gasteiger charge is -2.07. The van der Waals surface area contributed by atoms with Crippen LogP contribution in [0.2, 0.25) is 5.02 Å². The quantitative estimate of drug-likeness (QED) is 0.941. The molecule has 3 rings (SSSR count). The number of halogens is 2. The Morgan fingerprint density at radius 1 is 1.18 bits per heavy atom. The van der Waals surface area contributed by atoms with Crippen molar-refractivity contribution in [1.82, 2.24) is 5.32 Å². The highest BCUT2D eigenvalue weighted by molar-refractivity contribution is 6.30. The number of carbonyl (C=O) groups excluding carboxylic acids is 1. The van der Waals surface area contributed by atoms with E-state index in [2.05, 4.69) is 5.32 Å². The second-order valence-electron chi connectivity index (χ2n) is 4.88. The summed E-state index contributed by atoms with van der Waals surface area (Å²) in [6, 6.07) is 9.72. The van der Waals surface area contributed by atoms with Gasteiger partial charge < -0.3 is 14.8 Å². The maximum Gasteiger partial charge on any atom is 0.231 e. The second kappa shape index (κ2) is 6.23. The highest BCUT2D eigenvalue weighted by Gasteiger charge is 2.14. The molecule has 4 nitrogen and oxygen atoms in total. The molecule has 0 atom stereocenters. The van der Waals surface area contributed by atoms with Crippen molar-refractivity contribution in [3.05, 3.63) is 58.4 Å². The van der Waals surface area contributed by atoms with Gasteiger partial charge >= 0.3 is 0 Å². The van der Waals surface area contributed by atoms with Crippen molar-refractivity contribution in [2.24, 2.45) is 0 Å². The Kier molecular flexibility index (Phi) is 4.15. The fourth-order valence-electron chi connectivity index (χ4n) is 2.15. The molecule has 1 amide bonds. The molecule has 0 aliphatic carbocycles. The molecule has 114 valence electrons. The molecule has 0 radical (unpaired) electrons. The summed E-state index contributed by atoms with van der Waals surface area (Å²) in [5, 5.41) is 3.05. The first kappa shape index (κ1) is 14.7. The molecule has 22 heavy (non-hydrogen) atoms. The lowest BCUT2D eigenvalue weighted by Crippen LogP contribution is -2.24. The molecule has 1 aliphatic rings. The number of hydrogen-bond acceptors (Lipinski definition) is 3. The van der Waals surface area contributed by atoms with E-state index in [1.165, 1.54) is 12.1 Å². The van der Waals surface area contributed by atoms with Gasteiger partial charge in [-0.3, -0.25) is 4.79 Å². The van der Waals surface area contributed by atoms with Gasteiger partial charge in [0.25, 0.3) is 0 Å². The van der Waals surface area contributed by atoms with Gasteiger partial charge in [-0.2, -0.15) is 0 Å². The highest BCUT2D eigenvalue weighted by Crippen LogP contribution is 2.32. The molecule has 0 spiro atoms. The summed E-state index contributed by atoms with van der Waals surface area (Å²) >= 11 is 5.68. The summed E-state index contributed by atoms with van der Waals surface area (Å²) in [7, 11) is 0. The smallest absolute Gasteiger partial charge is 0.231 e. The maximum atomic E-state index is 13.6. The van der Waals surface area contributed by atoms with Gasteiger partial charge in [0.05, 0.1) is 6.42 Å². The molecule has 6 heteroatoms. The molecule has 1 heterocycles. The average Bonchev–Trinajstić information content (AvgIpc) is 2.95. The first-order chi connectivity index (χ1) is 10.6. The van der Waals surface area contributed by atoms with Crippen molar-refractivity contribution in [1.29, 1.82) is 0 Å². The van der Waals surface area contributed by atoms with Gasteiger partial charge in [0.15, 0.2) is 11.5 Å². The molecule has 2 aromatic rings. The van der Waals surface area contributed by atoms with Crippen molar-refractivity contribution in [3.8, 4) is 11.5 Å². The maximum absolute atomic E-state index is 13.6. The van der Waals surface area contributed by atoms with Crippen molar-refractivity contribution >= 4 is 17.5 Å². The Labute approximate surface area is 131 Å². The minimum absolute atomic E-state index is 0.0342. The number of fused-ring (bicyclic) bond motifs is 1. The number of nitrogens with one attached hydrogen (secondary N) is 1. The fourth-order valence-corrected chi connectivity index (χ4v) is 2.31. The van der Waals surface area contributed by atoms with Gasteiger partial charge in [0.2, 0.25) is 12.7 Å². The zero-order valence-corrected chi connectivity index (χ0v) is 12.3. The lowest BCUT2D eigenvalue weighted by molar-refractivity contribution is -0.120. The molecule has 0 fully saturated rings. The van der Waals surface area contributed by atoms with E-state index in [1.807, 2.05) is 12.1 Å².